The first-order valence-corrected chi connectivity index (χ1v) is 4.91. The van der Waals surface area contributed by atoms with Gasteiger partial charge in [0.2, 0.25) is 0 Å². The van der Waals surface area contributed by atoms with Crippen LogP contribution >= 0.6 is 11.8 Å². The summed E-state index contributed by atoms with van der Waals surface area (Å²) in [6, 6.07) is 8.74. The third kappa shape index (κ3) is 3.49. The van der Waals surface area contributed by atoms with E-state index >= 15 is 0 Å². The van der Waals surface area contributed by atoms with Crippen LogP contribution in [0.4, 0.5) is 0 Å². The van der Waals surface area contributed by atoms with Crippen LogP contribution in [-0.2, 0) is 4.74 Å². The van der Waals surface area contributed by atoms with E-state index in [1.165, 1.54) is 0 Å². The lowest BCUT2D eigenvalue weighted by molar-refractivity contribution is -0.110. The predicted molar refractivity (Wildman–Crippen MR) is 55.4 cm³/mol. The quantitative estimate of drug-likeness (QED) is 0.309. The van der Waals surface area contributed by atoms with Gasteiger partial charge >= 0.3 is 11.1 Å². The predicted octanol–water partition coefficient (Wildman–Crippen LogP) is -0.392. The van der Waals surface area contributed by atoms with Gasteiger partial charge in [0.05, 0.1) is 5.56 Å². The number of carbonyl (C=O) groups excluding carboxylic acids is 1. The normalized spacial score (nSPS) is 9.43. The zero-order valence-electron chi connectivity index (χ0n) is 7.47. The van der Waals surface area contributed by atoms with E-state index in [9.17, 15) is 4.79 Å². The number of hydrogen-bond donors (Lipinski definition) is 2. The maximum absolute atomic E-state index is 11.3. The minimum atomic E-state index is -0.376. The highest BCUT2D eigenvalue weighted by atomic mass is 32.2. The molecule has 5 heteroatoms. The van der Waals surface area contributed by atoms with E-state index in [-0.39, 0.29) is 17.1 Å². The molecule has 0 aromatic heterocycles. The Morgan fingerprint density at radius 1 is 1.43 bits per heavy atom. The summed E-state index contributed by atoms with van der Waals surface area (Å²) in [4.78, 5) is 11.3. The number of esters is 1. The number of ether oxygens (including phenoxy) is 1. The number of benzene rings is 1. The second-order valence-corrected chi connectivity index (χ2v) is 3.46. The van der Waals surface area contributed by atoms with Crippen molar-refractivity contribution in [2.24, 2.45) is 5.73 Å². The highest BCUT2D eigenvalue weighted by Crippen LogP contribution is 2.04. The fourth-order valence-electron chi connectivity index (χ4n) is 0.809. The number of hydrogen-bond acceptors (Lipinski definition) is 3. The highest BCUT2D eigenvalue weighted by molar-refractivity contribution is 8.13. The van der Waals surface area contributed by atoms with Gasteiger partial charge in [0.15, 0.2) is 0 Å². The van der Waals surface area contributed by atoms with Crippen LogP contribution in [0.15, 0.2) is 30.3 Å². The van der Waals surface area contributed by atoms with Crippen molar-refractivity contribution < 1.29 is 14.9 Å². The Morgan fingerprint density at radius 3 is 2.64 bits per heavy atom. The van der Waals surface area contributed by atoms with Crippen molar-refractivity contribution in [3.63, 3.8) is 0 Å². The van der Waals surface area contributed by atoms with E-state index in [1.54, 1.807) is 24.3 Å². The third-order valence-electron chi connectivity index (χ3n) is 1.43. The Kier molecular flexibility index (Phi) is 4.00. The lowest BCUT2D eigenvalue weighted by Gasteiger charge is -2.01. The van der Waals surface area contributed by atoms with Gasteiger partial charge in [-0.25, -0.2) is 4.79 Å². The van der Waals surface area contributed by atoms with Gasteiger partial charge in [-0.1, -0.05) is 18.2 Å². The largest absolute Gasteiger partial charge is 0.450 e. The van der Waals surface area contributed by atoms with Gasteiger partial charge < -0.3 is 4.74 Å². The van der Waals surface area contributed by atoms with Crippen LogP contribution in [0.5, 0.6) is 0 Å². The summed E-state index contributed by atoms with van der Waals surface area (Å²) >= 11 is 1.08. The number of rotatable bonds is 3. The van der Waals surface area contributed by atoms with Crippen molar-refractivity contribution in [1.29, 1.82) is 0 Å². The molecule has 0 aliphatic rings. The van der Waals surface area contributed by atoms with E-state index in [0.717, 1.165) is 11.8 Å². The summed E-state index contributed by atoms with van der Waals surface area (Å²) in [5.41, 5.74) is 5.70. The fourth-order valence-corrected chi connectivity index (χ4v) is 1.11. The minimum Gasteiger partial charge on any atom is -0.450 e. The van der Waals surface area contributed by atoms with Crippen molar-refractivity contribution in [2.45, 2.75) is 0 Å². The van der Waals surface area contributed by atoms with Gasteiger partial charge in [-0.2, -0.15) is 0 Å². The van der Waals surface area contributed by atoms with E-state index in [2.05, 4.69) is 0 Å². The molecule has 0 heterocycles. The first-order chi connectivity index (χ1) is 6.70. The van der Waals surface area contributed by atoms with Crippen molar-refractivity contribution in [2.75, 3.05) is 5.94 Å². The smallest absolute Gasteiger partial charge is 0.338 e. The standard InChI is InChI=1S/C9H10N2O2S/c10-9(11)14-6-13-8(12)7-4-2-1-3-5-7/h1-5H,6H2,(H3,10,11)/p+1. The van der Waals surface area contributed by atoms with Crippen LogP contribution in [0.3, 0.4) is 0 Å². The summed E-state index contributed by atoms with van der Waals surface area (Å²) in [6.07, 6.45) is 0. The minimum absolute atomic E-state index is 0.135. The third-order valence-corrected chi connectivity index (χ3v) is 1.99. The Balaban J connectivity index is 2.40. The van der Waals surface area contributed by atoms with E-state index in [4.69, 9.17) is 15.9 Å². The van der Waals surface area contributed by atoms with Gasteiger partial charge in [0.1, 0.15) is 5.94 Å². The van der Waals surface area contributed by atoms with Gasteiger partial charge in [-0.05, 0) is 12.1 Å². The van der Waals surface area contributed by atoms with Crippen molar-refractivity contribution in [3.05, 3.63) is 35.9 Å². The molecule has 1 rings (SSSR count). The zero-order valence-corrected chi connectivity index (χ0v) is 8.29. The topological polar surface area (TPSA) is 77.9 Å². The Morgan fingerprint density at radius 2 is 2.07 bits per heavy atom. The molecule has 1 aromatic carbocycles. The second kappa shape index (κ2) is 5.29. The number of carbonyl (C=O) groups is 1. The molecule has 0 radical (unpaired) electrons. The zero-order chi connectivity index (χ0) is 10.4. The summed E-state index contributed by atoms with van der Waals surface area (Å²) in [6.45, 7) is 0. The lowest BCUT2D eigenvalue weighted by Crippen LogP contribution is -2.43. The Hall–Kier alpha value is -1.49. The maximum Gasteiger partial charge on any atom is 0.338 e. The van der Waals surface area contributed by atoms with Crippen molar-refractivity contribution in [3.8, 4) is 0 Å². The molecule has 74 valence electrons. The van der Waals surface area contributed by atoms with E-state index < -0.39 is 0 Å². The van der Waals surface area contributed by atoms with Gasteiger partial charge in [-0.15, -0.1) is 0 Å². The molecule has 0 saturated carbocycles. The maximum atomic E-state index is 11.3. The van der Waals surface area contributed by atoms with Crippen LogP contribution < -0.4 is 11.1 Å². The first-order valence-electron chi connectivity index (χ1n) is 3.93. The van der Waals surface area contributed by atoms with Gasteiger partial charge in [0.25, 0.3) is 0 Å². The summed E-state index contributed by atoms with van der Waals surface area (Å²) in [5, 5.41) is 5.37. The molecule has 0 bridgehead atoms. The van der Waals surface area contributed by atoms with Gasteiger partial charge in [-0.3, -0.25) is 11.1 Å². The molecule has 0 aliphatic carbocycles. The van der Waals surface area contributed by atoms with Crippen LogP contribution in [0.1, 0.15) is 10.4 Å². The molecule has 0 unspecified atom stereocenters. The van der Waals surface area contributed by atoms with Gasteiger partial charge in [0, 0.05) is 11.8 Å². The van der Waals surface area contributed by atoms with Crippen LogP contribution in [0.2, 0.25) is 0 Å². The molecule has 0 saturated heterocycles. The molecular formula is C9H11N2O2S+. The summed E-state index contributed by atoms with van der Waals surface area (Å²) in [7, 11) is 0. The summed E-state index contributed by atoms with van der Waals surface area (Å²) < 4.78 is 4.88. The number of thioether (sulfide) groups is 1. The first kappa shape index (κ1) is 10.6. The second-order valence-electron chi connectivity index (χ2n) is 2.46. The molecule has 1 aromatic rings. The van der Waals surface area contributed by atoms with Crippen molar-refractivity contribution in [1.82, 2.24) is 0 Å². The van der Waals surface area contributed by atoms with Crippen LogP contribution in [-0.4, -0.2) is 17.1 Å². The molecule has 14 heavy (non-hydrogen) atoms. The monoisotopic (exact) mass is 211 g/mol. The lowest BCUT2D eigenvalue weighted by atomic mass is 10.2. The van der Waals surface area contributed by atoms with Crippen molar-refractivity contribution >= 4 is 22.9 Å². The molecule has 4 N–H and O–H groups in total. The van der Waals surface area contributed by atoms with E-state index in [1.807, 2.05) is 6.07 Å². The molecule has 0 aliphatic heterocycles. The summed E-state index contributed by atoms with van der Waals surface area (Å²) in [5.74, 6) is -0.241. The Bertz CT molecular complexity index is 327. The molecule has 4 nitrogen and oxygen atoms in total. The van der Waals surface area contributed by atoms with E-state index in [0.29, 0.717) is 5.56 Å². The highest BCUT2D eigenvalue weighted by Gasteiger charge is 2.06. The average Bonchev–Trinajstić information content (AvgIpc) is 2.18. The molecular weight excluding hydrogens is 200 g/mol. The Labute approximate surface area is 85.9 Å². The SMILES string of the molecule is NC(=[NH2+])SCOC(=O)c1ccccc1. The molecule has 0 fully saturated rings. The molecule has 0 amide bonds. The number of amidine groups is 1. The average molecular weight is 211 g/mol. The number of nitrogens with two attached hydrogens (primary N) is 2. The molecule has 0 spiro atoms. The fraction of sp³-hybridized carbons (Fsp3) is 0.111. The van der Waals surface area contributed by atoms with Crippen LogP contribution in [0, 0.1) is 0 Å². The molecule has 0 atom stereocenters. The van der Waals surface area contributed by atoms with Crippen LogP contribution in [0.25, 0.3) is 0 Å².